The van der Waals surface area contributed by atoms with Gasteiger partial charge in [0.05, 0.1) is 13.0 Å². The van der Waals surface area contributed by atoms with Gasteiger partial charge in [0.15, 0.2) is 0 Å². The third kappa shape index (κ3) is 3.62. The number of ether oxygens (including phenoxy) is 1. The van der Waals surface area contributed by atoms with Gasteiger partial charge in [0.1, 0.15) is 11.5 Å². The molecule has 0 atom stereocenters. The Balaban J connectivity index is 2.97. The van der Waals surface area contributed by atoms with Gasteiger partial charge >= 0.3 is 5.97 Å². The highest BCUT2D eigenvalue weighted by molar-refractivity contribution is 9.10. The van der Waals surface area contributed by atoms with Crippen molar-refractivity contribution < 1.29 is 18.3 Å². The Morgan fingerprint density at radius 2 is 2.29 bits per heavy atom. The van der Waals surface area contributed by atoms with E-state index in [0.717, 1.165) is 6.07 Å². The minimum atomic E-state index is -2.70. The van der Waals surface area contributed by atoms with E-state index in [-0.39, 0.29) is 18.8 Å². The number of aromatic nitrogens is 1. The number of esters is 1. The summed E-state index contributed by atoms with van der Waals surface area (Å²) in [6, 6.07) is 1.15. The molecule has 0 aliphatic heterocycles. The van der Waals surface area contributed by atoms with Gasteiger partial charge in [0, 0.05) is 10.0 Å². The number of carbonyl (C=O) groups excluding carboxylic acids is 1. The number of nitrogens with two attached hydrogens (primary N) is 1. The molecule has 1 heterocycles. The lowest BCUT2D eigenvalue weighted by Crippen LogP contribution is -2.11. The second-order valence-corrected chi connectivity index (χ2v) is 4.03. The van der Waals surface area contributed by atoms with E-state index >= 15 is 0 Å². The van der Waals surface area contributed by atoms with Crippen LogP contribution in [0, 0.1) is 0 Å². The molecule has 0 aromatic carbocycles. The Morgan fingerprint density at radius 3 is 2.76 bits per heavy atom. The third-order valence-corrected chi connectivity index (χ3v) is 2.68. The van der Waals surface area contributed by atoms with E-state index in [4.69, 9.17) is 10.5 Å². The SMILES string of the molecule is CCOC(=O)Cc1c(Br)cc(C(F)F)nc1N. The van der Waals surface area contributed by atoms with Crippen LogP contribution in [0.4, 0.5) is 14.6 Å². The van der Waals surface area contributed by atoms with E-state index in [1.165, 1.54) is 0 Å². The predicted molar refractivity (Wildman–Crippen MR) is 61.6 cm³/mol. The summed E-state index contributed by atoms with van der Waals surface area (Å²) < 4.78 is 29.9. The highest BCUT2D eigenvalue weighted by Gasteiger charge is 2.17. The van der Waals surface area contributed by atoms with Crippen LogP contribution in [-0.2, 0) is 16.0 Å². The zero-order valence-electron chi connectivity index (χ0n) is 9.04. The topological polar surface area (TPSA) is 65.2 Å². The van der Waals surface area contributed by atoms with E-state index in [2.05, 4.69) is 20.9 Å². The van der Waals surface area contributed by atoms with Gasteiger partial charge in [-0.1, -0.05) is 15.9 Å². The molecule has 0 radical (unpaired) electrons. The Morgan fingerprint density at radius 1 is 1.65 bits per heavy atom. The monoisotopic (exact) mass is 308 g/mol. The fourth-order valence-electron chi connectivity index (χ4n) is 1.22. The lowest BCUT2D eigenvalue weighted by molar-refractivity contribution is -0.142. The standard InChI is InChI=1S/C10H11BrF2N2O2/c1-2-17-8(16)3-5-6(11)4-7(9(12)13)15-10(5)14/h4,9H,2-3H2,1H3,(H2,14,15). The summed E-state index contributed by atoms with van der Waals surface area (Å²) in [4.78, 5) is 14.8. The number of nitrogens with zero attached hydrogens (tertiary/aromatic N) is 1. The van der Waals surface area contributed by atoms with Crippen LogP contribution in [0.3, 0.4) is 0 Å². The van der Waals surface area contributed by atoms with Gasteiger partial charge < -0.3 is 10.5 Å². The van der Waals surface area contributed by atoms with Crippen molar-refractivity contribution in [2.45, 2.75) is 19.8 Å². The van der Waals surface area contributed by atoms with E-state index in [9.17, 15) is 13.6 Å². The molecule has 0 unspecified atom stereocenters. The van der Waals surface area contributed by atoms with Gasteiger partial charge in [-0.2, -0.15) is 0 Å². The summed E-state index contributed by atoms with van der Waals surface area (Å²) in [5, 5.41) is 0. The molecule has 7 heteroatoms. The zero-order valence-corrected chi connectivity index (χ0v) is 10.6. The van der Waals surface area contributed by atoms with Gasteiger partial charge in [-0.3, -0.25) is 4.79 Å². The van der Waals surface area contributed by atoms with E-state index in [0.29, 0.717) is 10.0 Å². The number of nitrogen functional groups attached to an aromatic ring is 1. The molecule has 0 amide bonds. The Kier molecular flexibility index (Phi) is 4.80. The molecule has 1 rings (SSSR count). The molecule has 4 nitrogen and oxygen atoms in total. The molecule has 0 saturated carbocycles. The first-order valence-corrected chi connectivity index (χ1v) is 5.63. The molecular weight excluding hydrogens is 298 g/mol. The van der Waals surface area contributed by atoms with Crippen molar-refractivity contribution in [2.24, 2.45) is 0 Å². The van der Waals surface area contributed by atoms with Crippen LogP contribution in [0.5, 0.6) is 0 Å². The molecule has 0 fully saturated rings. The smallest absolute Gasteiger partial charge is 0.310 e. The number of halogens is 3. The van der Waals surface area contributed by atoms with Gasteiger partial charge in [-0.05, 0) is 13.0 Å². The summed E-state index contributed by atoms with van der Waals surface area (Å²) in [5.74, 6) is -0.575. The van der Waals surface area contributed by atoms with Crippen LogP contribution in [0.15, 0.2) is 10.5 Å². The van der Waals surface area contributed by atoms with Crippen molar-refractivity contribution in [3.8, 4) is 0 Å². The quantitative estimate of drug-likeness (QED) is 0.868. The summed E-state index contributed by atoms with van der Waals surface area (Å²) in [5.41, 5.74) is 5.45. The van der Waals surface area contributed by atoms with Gasteiger partial charge in [0.2, 0.25) is 0 Å². The van der Waals surface area contributed by atoms with Gasteiger partial charge in [0.25, 0.3) is 6.43 Å². The maximum absolute atomic E-state index is 12.4. The highest BCUT2D eigenvalue weighted by atomic mass is 79.9. The van der Waals surface area contributed by atoms with Crippen molar-refractivity contribution in [3.63, 3.8) is 0 Å². The van der Waals surface area contributed by atoms with Crippen LogP contribution in [-0.4, -0.2) is 17.6 Å². The number of carbonyl (C=O) groups is 1. The van der Waals surface area contributed by atoms with Crippen LogP contribution in [0.2, 0.25) is 0 Å². The molecule has 0 spiro atoms. The maximum Gasteiger partial charge on any atom is 0.310 e. The van der Waals surface area contributed by atoms with E-state index in [1.54, 1.807) is 6.92 Å². The summed E-state index contributed by atoms with van der Waals surface area (Å²) in [6.07, 6.45) is -2.80. The van der Waals surface area contributed by atoms with Crippen molar-refractivity contribution in [3.05, 3.63) is 21.8 Å². The fraction of sp³-hybridized carbons (Fsp3) is 0.400. The Hall–Kier alpha value is -1.24. The molecule has 0 saturated heterocycles. The first kappa shape index (κ1) is 13.8. The molecular formula is C10H11BrF2N2O2. The molecule has 94 valence electrons. The minimum Gasteiger partial charge on any atom is -0.466 e. The molecule has 1 aromatic rings. The number of anilines is 1. The average molecular weight is 309 g/mol. The first-order valence-electron chi connectivity index (χ1n) is 4.84. The minimum absolute atomic E-state index is 0.0947. The zero-order chi connectivity index (χ0) is 13.0. The fourth-order valence-corrected chi connectivity index (χ4v) is 1.80. The number of hydrogen-bond acceptors (Lipinski definition) is 4. The third-order valence-electron chi connectivity index (χ3n) is 1.97. The maximum atomic E-state index is 12.4. The van der Waals surface area contributed by atoms with Crippen LogP contribution >= 0.6 is 15.9 Å². The van der Waals surface area contributed by atoms with Crippen molar-refractivity contribution in [1.82, 2.24) is 4.98 Å². The molecule has 0 aliphatic carbocycles. The van der Waals surface area contributed by atoms with Crippen molar-refractivity contribution in [1.29, 1.82) is 0 Å². The predicted octanol–water partition coefficient (Wildman–Crippen LogP) is 2.47. The summed E-state index contributed by atoms with van der Waals surface area (Å²) in [6.45, 7) is 1.92. The number of pyridine rings is 1. The second-order valence-electron chi connectivity index (χ2n) is 3.18. The highest BCUT2D eigenvalue weighted by Crippen LogP contribution is 2.27. The lowest BCUT2D eigenvalue weighted by atomic mass is 10.1. The van der Waals surface area contributed by atoms with Gasteiger partial charge in [-0.25, -0.2) is 13.8 Å². The molecule has 0 bridgehead atoms. The lowest BCUT2D eigenvalue weighted by Gasteiger charge is -2.09. The Bertz CT molecular complexity index is 404. The van der Waals surface area contributed by atoms with E-state index in [1.807, 2.05) is 0 Å². The average Bonchev–Trinajstić information content (AvgIpc) is 2.23. The second kappa shape index (κ2) is 5.90. The Labute approximate surface area is 105 Å². The van der Waals surface area contributed by atoms with Crippen molar-refractivity contribution in [2.75, 3.05) is 12.3 Å². The van der Waals surface area contributed by atoms with Gasteiger partial charge in [-0.15, -0.1) is 0 Å². The molecule has 0 aliphatic rings. The number of alkyl halides is 2. The van der Waals surface area contributed by atoms with Crippen LogP contribution < -0.4 is 5.73 Å². The first-order chi connectivity index (χ1) is 7.95. The van der Waals surface area contributed by atoms with Crippen LogP contribution in [0.1, 0.15) is 24.6 Å². The van der Waals surface area contributed by atoms with E-state index < -0.39 is 18.1 Å². The van der Waals surface area contributed by atoms with Crippen molar-refractivity contribution >= 4 is 27.7 Å². The summed E-state index contributed by atoms with van der Waals surface area (Å²) >= 11 is 3.08. The number of hydrogen-bond donors (Lipinski definition) is 1. The molecule has 17 heavy (non-hydrogen) atoms. The summed E-state index contributed by atoms with van der Waals surface area (Å²) in [7, 11) is 0. The van der Waals surface area contributed by atoms with Crippen LogP contribution in [0.25, 0.3) is 0 Å². The molecule has 2 N–H and O–H groups in total. The normalized spacial score (nSPS) is 10.6. The largest absolute Gasteiger partial charge is 0.466 e. The molecule has 1 aromatic heterocycles. The number of rotatable bonds is 4.